The van der Waals surface area contributed by atoms with E-state index in [9.17, 15) is 4.79 Å². The number of ketones is 1. The second kappa shape index (κ2) is 5.31. The van der Waals surface area contributed by atoms with E-state index >= 15 is 0 Å². The molecule has 19 heavy (non-hydrogen) atoms. The highest BCUT2D eigenvalue weighted by atomic mass is 16.1. The number of hydrogen-bond donors (Lipinski definition) is 0. The first-order valence-corrected chi connectivity index (χ1v) is 6.75. The number of fused-ring (bicyclic) bond motifs is 1. The van der Waals surface area contributed by atoms with Crippen molar-refractivity contribution in [1.82, 2.24) is 9.97 Å². The summed E-state index contributed by atoms with van der Waals surface area (Å²) in [5.41, 5.74) is 2.96. The van der Waals surface area contributed by atoms with Gasteiger partial charge in [0.05, 0.1) is 11.3 Å². The van der Waals surface area contributed by atoms with E-state index in [-0.39, 0.29) is 5.78 Å². The summed E-state index contributed by atoms with van der Waals surface area (Å²) in [6.45, 7) is 0. The van der Waals surface area contributed by atoms with Gasteiger partial charge in [-0.3, -0.25) is 4.79 Å². The molecule has 0 N–H and O–H groups in total. The fraction of sp³-hybridized carbons (Fsp3) is 0.312. The van der Waals surface area contributed by atoms with Gasteiger partial charge < -0.3 is 0 Å². The smallest absolute Gasteiger partial charge is 0.166 e. The van der Waals surface area contributed by atoms with Crippen molar-refractivity contribution in [2.45, 2.75) is 32.1 Å². The van der Waals surface area contributed by atoms with E-state index in [2.05, 4.69) is 22.1 Å². The Bertz CT molecular complexity index is 593. The lowest BCUT2D eigenvalue weighted by Crippen LogP contribution is -2.15. The standard InChI is InChI=1S/C16H16N2O/c19-15-8-4-7-14-13(15)11-17-16(18-14)10-9-12-5-2-1-3-6-12/h1-3,5-6,11H,4,7-10H2. The quantitative estimate of drug-likeness (QED) is 0.843. The van der Waals surface area contributed by atoms with E-state index in [1.807, 2.05) is 18.2 Å². The summed E-state index contributed by atoms with van der Waals surface area (Å²) in [5, 5.41) is 0. The minimum absolute atomic E-state index is 0.191. The lowest BCUT2D eigenvalue weighted by molar-refractivity contribution is 0.0971. The third-order valence-electron chi connectivity index (χ3n) is 3.52. The molecule has 1 aromatic heterocycles. The van der Waals surface area contributed by atoms with Crippen molar-refractivity contribution in [3.8, 4) is 0 Å². The van der Waals surface area contributed by atoms with Crippen molar-refractivity contribution >= 4 is 5.78 Å². The van der Waals surface area contributed by atoms with Gasteiger partial charge in [-0.1, -0.05) is 30.3 Å². The fourth-order valence-electron chi connectivity index (χ4n) is 2.45. The zero-order valence-electron chi connectivity index (χ0n) is 10.8. The number of rotatable bonds is 3. The molecule has 0 saturated heterocycles. The Kier molecular flexibility index (Phi) is 3.36. The van der Waals surface area contributed by atoms with Crippen LogP contribution in [0.3, 0.4) is 0 Å². The molecule has 0 amide bonds. The number of Topliss-reactive ketones (excluding diaryl/α,β-unsaturated/α-hetero) is 1. The molecule has 2 aromatic rings. The third kappa shape index (κ3) is 2.70. The van der Waals surface area contributed by atoms with Crippen LogP contribution < -0.4 is 0 Å². The molecule has 0 atom stereocenters. The molecule has 1 aliphatic carbocycles. The number of aromatic nitrogens is 2. The second-order valence-electron chi connectivity index (χ2n) is 4.91. The van der Waals surface area contributed by atoms with Gasteiger partial charge in [0.1, 0.15) is 5.82 Å². The van der Waals surface area contributed by atoms with Gasteiger partial charge in [0.15, 0.2) is 5.78 Å². The first-order chi connectivity index (χ1) is 9.33. The van der Waals surface area contributed by atoms with Crippen molar-refractivity contribution in [2.75, 3.05) is 0 Å². The van der Waals surface area contributed by atoms with E-state index < -0.39 is 0 Å². The van der Waals surface area contributed by atoms with Gasteiger partial charge in [-0.2, -0.15) is 0 Å². The molecule has 0 bridgehead atoms. The molecular weight excluding hydrogens is 236 g/mol. The van der Waals surface area contributed by atoms with E-state index in [0.717, 1.165) is 42.8 Å². The highest BCUT2D eigenvalue weighted by molar-refractivity contribution is 5.97. The maximum Gasteiger partial charge on any atom is 0.166 e. The summed E-state index contributed by atoms with van der Waals surface area (Å²) >= 11 is 0. The molecule has 0 unspecified atom stereocenters. The molecule has 1 aromatic carbocycles. The van der Waals surface area contributed by atoms with Crippen LogP contribution in [0.1, 0.15) is 40.3 Å². The summed E-state index contributed by atoms with van der Waals surface area (Å²) in [6, 6.07) is 10.3. The molecule has 3 nitrogen and oxygen atoms in total. The largest absolute Gasteiger partial charge is 0.294 e. The van der Waals surface area contributed by atoms with Gasteiger partial charge in [-0.05, 0) is 24.8 Å². The van der Waals surface area contributed by atoms with Crippen LogP contribution >= 0.6 is 0 Å². The molecule has 0 aliphatic heterocycles. The monoisotopic (exact) mass is 252 g/mol. The summed E-state index contributed by atoms with van der Waals surface area (Å²) in [6.07, 6.45) is 5.94. The third-order valence-corrected chi connectivity index (χ3v) is 3.52. The van der Waals surface area contributed by atoms with Crippen molar-refractivity contribution in [2.24, 2.45) is 0 Å². The average molecular weight is 252 g/mol. The van der Waals surface area contributed by atoms with Gasteiger partial charge in [-0.25, -0.2) is 9.97 Å². The first-order valence-electron chi connectivity index (χ1n) is 6.75. The lowest BCUT2D eigenvalue weighted by atomic mass is 9.96. The molecule has 0 radical (unpaired) electrons. The molecular formula is C16H16N2O. The molecule has 3 heteroatoms. The zero-order valence-corrected chi connectivity index (χ0v) is 10.8. The lowest BCUT2D eigenvalue weighted by Gasteiger charge is -2.13. The van der Waals surface area contributed by atoms with Gasteiger partial charge in [0, 0.05) is 19.0 Å². The maximum absolute atomic E-state index is 11.7. The molecule has 0 fully saturated rings. The van der Waals surface area contributed by atoms with Crippen LogP contribution in [0.2, 0.25) is 0 Å². The van der Waals surface area contributed by atoms with Crippen molar-refractivity contribution in [1.29, 1.82) is 0 Å². The van der Waals surface area contributed by atoms with Gasteiger partial charge in [-0.15, -0.1) is 0 Å². The topological polar surface area (TPSA) is 42.9 Å². The van der Waals surface area contributed by atoms with E-state index in [0.29, 0.717) is 6.42 Å². The molecule has 1 heterocycles. The Labute approximate surface area is 112 Å². The Hall–Kier alpha value is -2.03. The Morgan fingerprint density at radius 1 is 1.05 bits per heavy atom. The van der Waals surface area contributed by atoms with Gasteiger partial charge in [0.25, 0.3) is 0 Å². The molecule has 0 saturated carbocycles. The van der Waals surface area contributed by atoms with Crippen LogP contribution in [0, 0.1) is 0 Å². The van der Waals surface area contributed by atoms with E-state index in [4.69, 9.17) is 0 Å². The highest BCUT2D eigenvalue weighted by Gasteiger charge is 2.19. The fourth-order valence-corrected chi connectivity index (χ4v) is 2.45. The second-order valence-corrected chi connectivity index (χ2v) is 4.91. The summed E-state index contributed by atoms with van der Waals surface area (Å²) in [4.78, 5) is 20.6. The van der Waals surface area contributed by atoms with Gasteiger partial charge in [0.2, 0.25) is 0 Å². The van der Waals surface area contributed by atoms with E-state index in [1.165, 1.54) is 5.56 Å². The minimum atomic E-state index is 0.191. The van der Waals surface area contributed by atoms with Gasteiger partial charge >= 0.3 is 0 Å². The maximum atomic E-state index is 11.7. The van der Waals surface area contributed by atoms with Crippen molar-refractivity contribution in [3.63, 3.8) is 0 Å². The van der Waals surface area contributed by atoms with Crippen LogP contribution in [0.25, 0.3) is 0 Å². The Balaban J connectivity index is 1.74. The molecule has 0 spiro atoms. The molecule has 3 rings (SSSR count). The van der Waals surface area contributed by atoms with Crippen LogP contribution in [0.5, 0.6) is 0 Å². The SMILES string of the molecule is O=C1CCCc2nc(CCc3ccccc3)ncc21. The average Bonchev–Trinajstić information content (AvgIpc) is 2.46. The normalized spacial score (nSPS) is 14.2. The number of carbonyl (C=O) groups is 1. The summed E-state index contributed by atoms with van der Waals surface area (Å²) < 4.78 is 0. The minimum Gasteiger partial charge on any atom is -0.294 e. The number of benzene rings is 1. The summed E-state index contributed by atoms with van der Waals surface area (Å²) in [7, 11) is 0. The molecule has 1 aliphatic rings. The highest BCUT2D eigenvalue weighted by Crippen LogP contribution is 2.18. The number of carbonyl (C=O) groups excluding carboxylic acids is 1. The van der Waals surface area contributed by atoms with Crippen LogP contribution in [-0.4, -0.2) is 15.8 Å². The molecule has 96 valence electrons. The van der Waals surface area contributed by atoms with E-state index in [1.54, 1.807) is 6.20 Å². The van der Waals surface area contributed by atoms with Crippen molar-refractivity contribution in [3.05, 3.63) is 59.2 Å². The Morgan fingerprint density at radius 2 is 1.89 bits per heavy atom. The summed E-state index contributed by atoms with van der Waals surface area (Å²) in [5.74, 6) is 1.04. The van der Waals surface area contributed by atoms with Crippen LogP contribution in [-0.2, 0) is 19.3 Å². The van der Waals surface area contributed by atoms with Crippen LogP contribution in [0.15, 0.2) is 36.5 Å². The Morgan fingerprint density at radius 3 is 2.74 bits per heavy atom. The predicted molar refractivity (Wildman–Crippen MR) is 73.2 cm³/mol. The van der Waals surface area contributed by atoms with Crippen molar-refractivity contribution < 1.29 is 4.79 Å². The first kappa shape index (κ1) is 12.0. The zero-order chi connectivity index (χ0) is 13.1. The number of aryl methyl sites for hydroxylation is 3. The number of nitrogens with zero attached hydrogens (tertiary/aromatic N) is 2. The number of hydrogen-bond acceptors (Lipinski definition) is 3. The predicted octanol–water partition coefficient (Wildman–Crippen LogP) is 2.78. The van der Waals surface area contributed by atoms with Crippen LogP contribution in [0.4, 0.5) is 0 Å².